The minimum absolute atomic E-state index is 0.266. The average Bonchev–Trinajstić information content (AvgIpc) is 3.22. The normalized spacial score (nSPS) is 11.0. The third kappa shape index (κ3) is 2.92. The Labute approximate surface area is 168 Å². The van der Waals surface area contributed by atoms with E-state index in [2.05, 4.69) is 26.0 Å². The first-order chi connectivity index (χ1) is 14.1. The van der Waals surface area contributed by atoms with Gasteiger partial charge in [0, 0.05) is 17.2 Å². The largest absolute Gasteiger partial charge is 0.345 e. The zero-order valence-electron chi connectivity index (χ0n) is 14.8. The van der Waals surface area contributed by atoms with E-state index in [4.69, 9.17) is 16.6 Å². The van der Waals surface area contributed by atoms with Crippen LogP contribution in [0.15, 0.2) is 59.7 Å². The molecule has 3 heterocycles. The molecule has 0 fully saturated rings. The number of hydrogen-bond donors (Lipinski definition) is 2. The summed E-state index contributed by atoms with van der Waals surface area (Å²) >= 11 is 6.42. The minimum atomic E-state index is -0.266. The van der Waals surface area contributed by atoms with E-state index in [1.807, 2.05) is 12.1 Å². The first-order valence-electron chi connectivity index (χ1n) is 8.67. The van der Waals surface area contributed by atoms with E-state index in [0.29, 0.717) is 44.2 Å². The predicted molar refractivity (Wildman–Crippen MR) is 110 cm³/mol. The molecule has 2 aromatic carbocycles. The van der Waals surface area contributed by atoms with E-state index < -0.39 is 0 Å². The van der Waals surface area contributed by atoms with Gasteiger partial charge in [-0.05, 0) is 30.3 Å². The van der Waals surface area contributed by atoms with Gasteiger partial charge >= 0.3 is 0 Å². The zero-order chi connectivity index (χ0) is 20.0. The summed E-state index contributed by atoms with van der Waals surface area (Å²) in [6.45, 7) is 0. The van der Waals surface area contributed by atoms with Gasteiger partial charge in [0.05, 0.1) is 39.9 Å². The Morgan fingerprint density at radius 3 is 2.72 bits per heavy atom. The topological polar surface area (TPSA) is 111 Å². The van der Waals surface area contributed by atoms with Gasteiger partial charge in [0.2, 0.25) is 5.56 Å². The number of nitrogens with one attached hydrogen (secondary N) is 2. The molecule has 0 amide bonds. The summed E-state index contributed by atoms with van der Waals surface area (Å²) in [6.07, 6.45) is 1.58. The molecule has 7 nitrogen and oxygen atoms in total. The van der Waals surface area contributed by atoms with Gasteiger partial charge in [-0.3, -0.25) is 4.79 Å². The van der Waals surface area contributed by atoms with Crippen molar-refractivity contribution < 1.29 is 0 Å². The molecule has 0 aliphatic heterocycles. The van der Waals surface area contributed by atoms with Crippen molar-refractivity contribution in [3.8, 4) is 28.6 Å². The van der Waals surface area contributed by atoms with E-state index in [1.54, 1.807) is 36.7 Å². The maximum absolute atomic E-state index is 11.8. The number of pyridine rings is 1. The molecule has 2 N–H and O–H groups in total. The summed E-state index contributed by atoms with van der Waals surface area (Å²) < 4.78 is 0. The van der Waals surface area contributed by atoms with Crippen LogP contribution in [0, 0.1) is 11.3 Å². The molecule has 0 aliphatic rings. The Hall–Kier alpha value is -4.02. The van der Waals surface area contributed by atoms with Gasteiger partial charge in [0.25, 0.3) is 0 Å². The van der Waals surface area contributed by atoms with Crippen molar-refractivity contribution in [2.75, 3.05) is 0 Å². The highest BCUT2D eigenvalue weighted by atomic mass is 35.5. The average molecular weight is 399 g/mol. The van der Waals surface area contributed by atoms with E-state index >= 15 is 0 Å². The van der Waals surface area contributed by atoms with Crippen molar-refractivity contribution >= 4 is 33.8 Å². The number of fused-ring (bicyclic) bond motifs is 2. The molecule has 3 aromatic heterocycles. The van der Waals surface area contributed by atoms with Gasteiger partial charge in [-0.1, -0.05) is 23.7 Å². The van der Waals surface area contributed by atoms with Crippen LogP contribution < -0.4 is 5.56 Å². The lowest BCUT2D eigenvalue weighted by atomic mass is 10.0. The van der Waals surface area contributed by atoms with Gasteiger partial charge < -0.3 is 9.97 Å². The summed E-state index contributed by atoms with van der Waals surface area (Å²) in [5.74, 6) is 0. The molecule has 8 heteroatoms. The molecule has 0 saturated heterocycles. The van der Waals surface area contributed by atoms with Crippen molar-refractivity contribution in [2.24, 2.45) is 0 Å². The third-order valence-corrected chi connectivity index (χ3v) is 4.86. The van der Waals surface area contributed by atoms with Gasteiger partial charge in [-0.2, -0.15) is 5.26 Å². The smallest absolute Gasteiger partial charge is 0.249 e. The number of rotatable bonds is 2. The second-order valence-corrected chi connectivity index (χ2v) is 6.83. The van der Waals surface area contributed by atoms with Crippen LogP contribution in [0.2, 0.25) is 5.02 Å². The summed E-state index contributed by atoms with van der Waals surface area (Å²) in [5, 5.41) is 9.76. The number of aromatic amines is 2. The minimum Gasteiger partial charge on any atom is -0.345 e. The first kappa shape index (κ1) is 17.1. The van der Waals surface area contributed by atoms with Gasteiger partial charge in [-0.25, -0.2) is 15.0 Å². The van der Waals surface area contributed by atoms with E-state index in [0.717, 1.165) is 11.1 Å². The van der Waals surface area contributed by atoms with E-state index in [-0.39, 0.29) is 5.56 Å². The molecule has 0 saturated carbocycles. The van der Waals surface area contributed by atoms with Crippen LogP contribution in [0.4, 0.5) is 0 Å². The van der Waals surface area contributed by atoms with Gasteiger partial charge in [0.1, 0.15) is 11.0 Å². The predicted octanol–water partition coefficient (Wildman–Crippen LogP) is 4.05. The van der Waals surface area contributed by atoms with E-state index in [9.17, 15) is 10.1 Å². The quantitative estimate of drug-likeness (QED) is 0.466. The van der Waals surface area contributed by atoms with Crippen LogP contribution >= 0.6 is 11.6 Å². The second-order valence-electron chi connectivity index (χ2n) is 6.43. The molecule has 0 bridgehead atoms. The Kier molecular flexibility index (Phi) is 3.86. The molecule has 5 aromatic rings. The molecular formula is C21H11ClN6O. The number of nitrogens with zero attached hydrogens (tertiary/aromatic N) is 4. The van der Waals surface area contributed by atoms with Crippen LogP contribution in [0.5, 0.6) is 0 Å². The molecule has 0 radical (unpaired) electrons. The number of imidazole rings is 1. The highest BCUT2D eigenvalue weighted by Crippen LogP contribution is 2.34. The number of benzene rings is 2. The standard InChI is InChI=1S/C21H11ClN6O/c22-14-7-13(8-16-20(14)25-10-24-16)19-18(12-3-1-2-11(6-12)9-23)28-21-15(26-19)4-5-17(29)27-21/h1-8,10H,(H,24,25)(H,27,28,29). The fourth-order valence-electron chi connectivity index (χ4n) is 3.25. The lowest BCUT2D eigenvalue weighted by Crippen LogP contribution is -2.06. The Morgan fingerprint density at radius 2 is 1.86 bits per heavy atom. The number of hydrogen-bond acceptors (Lipinski definition) is 5. The Bertz CT molecular complexity index is 1510. The van der Waals surface area contributed by atoms with Crippen molar-refractivity contribution in [3.63, 3.8) is 0 Å². The number of nitriles is 1. The highest BCUT2D eigenvalue weighted by Gasteiger charge is 2.16. The maximum Gasteiger partial charge on any atom is 0.249 e. The van der Waals surface area contributed by atoms with Crippen molar-refractivity contribution in [3.05, 3.63) is 75.8 Å². The van der Waals surface area contributed by atoms with Crippen LogP contribution in [-0.4, -0.2) is 24.9 Å². The summed E-state index contributed by atoms with van der Waals surface area (Å²) in [7, 11) is 0. The lowest BCUT2D eigenvalue weighted by molar-refractivity contribution is 1.19. The summed E-state index contributed by atoms with van der Waals surface area (Å²) in [5.41, 5.74) is 5.15. The van der Waals surface area contributed by atoms with E-state index in [1.165, 1.54) is 6.07 Å². The van der Waals surface area contributed by atoms with Crippen molar-refractivity contribution in [1.82, 2.24) is 24.9 Å². The molecule has 0 spiro atoms. The Balaban J connectivity index is 1.85. The molecule has 0 unspecified atom stereocenters. The second kappa shape index (κ2) is 6.55. The van der Waals surface area contributed by atoms with Gasteiger partial charge in [-0.15, -0.1) is 0 Å². The molecular weight excluding hydrogens is 388 g/mol. The fourth-order valence-corrected chi connectivity index (χ4v) is 3.52. The van der Waals surface area contributed by atoms with Crippen LogP contribution in [-0.2, 0) is 0 Å². The van der Waals surface area contributed by atoms with Crippen LogP contribution in [0.3, 0.4) is 0 Å². The zero-order valence-corrected chi connectivity index (χ0v) is 15.5. The maximum atomic E-state index is 11.8. The monoisotopic (exact) mass is 398 g/mol. The van der Waals surface area contributed by atoms with Crippen LogP contribution in [0.1, 0.15) is 5.56 Å². The SMILES string of the molecule is N#Cc1cccc(-c2nc3[nH]c(=O)ccc3nc2-c2cc(Cl)c3nc[nH]c3c2)c1. The Morgan fingerprint density at radius 1 is 1.00 bits per heavy atom. The number of aromatic nitrogens is 5. The molecule has 138 valence electrons. The number of halogens is 1. The molecule has 0 atom stereocenters. The molecule has 0 aliphatic carbocycles. The lowest BCUT2D eigenvalue weighted by Gasteiger charge is -2.11. The summed E-state index contributed by atoms with van der Waals surface area (Å²) in [4.78, 5) is 31.1. The highest BCUT2D eigenvalue weighted by molar-refractivity contribution is 6.35. The van der Waals surface area contributed by atoms with Crippen LogP contribution in [0.25, 0.3) is 44.7 Å². The number of H-pyrrole nitrogens is 2. The third-order valence-electron chi connectivity index (χ3n) is 4.57. The van der Waals surface area contributed by atoms with Crippen molar-refractivity contribution in [1.29, 1.82) is 5.26 Å². The summed E-state index contributed by atoms with van der Waals surface area (Å²) in [6, 6.07) is 15.9. The molecule has 29 heavy (non-hydrogen) atoms. The molecule has 5 rings (SSSR count). The fraction of sp³-hybridized carbons (Fsp3) is 0. The van der Waals surface area contributed by atoms with Crippen molar-refractivity contribution in [2.45, 2.75) is 0 Å². The first-order valence-corrected chi connectivity index (χ1v) is 9.05. The van der Waals surface area contributed by atoms with Gasteiger partial charge in [0.15, 0.2) is 5.65 Å².